The molecule has 0 N–H and O–H groups in total. The van der Waals surface area contributed by atoms with Crippen LogP contribution in [0.1, 0.15) is 16.6 Å². The highest BCUT2D eigenvalue weighted by Crippen LogP contribution is 2.39. The van der Waals surface area contributed by atoms with Gasteiger partial charge in [-0.05, 0) is 12.1 Å². The summed E-state index contributed by atoms with van der Waals surface area (Å²) >= 11 is 1.54. The summed E-state index contributed by atoms with van der Waals surface area (Å²) in [6.45, 7) is 6.94. The first-order valence-electron chi connectivity index (χ1n) is 9.55. The molecule has 2 aliphatic heterocycles. The Morgan fingerprint density at radius 1 is 1.07 bits per heavy atom. The van der Waals surface area contributed by atoms with Crippen molar-refractivity contribution >= 4 is 28.2 Å². The second kappa shape index (κ2) is 8.28. The number of aromatic nitrogens is 1. The van der Waals surface area contributed by atoms with Crippen LogP contribution < -0.4 is 4.90 Å². The summed E-state index contributed by atoms with van der Waals surface area (Å²) in [7, 11) is 0. The Kier molecular flexibility index (Phi) is 5.59. The minimum atomic E-state index is 0.0397. The van der Waals surface area contributed by atoms with Crippen LogP contribution in [0.25, 0.3) is 11.1 Å². The number of nitrogens with zero attached hydrogens (tertiary/aromatic N) is 4. The van der Waals surface area contributed by atoms with Gasteiger partial charge in [0.1, 0.15) is 0 Å². The highest BCUT2D eigenvalue weighted by molar-refractivity contribution is 7.18. The van der Waals surface area contributed by atoms with E-state index in [0.717, 1.165) is 34.1 Å². The lowest BCUT2D eigenvalue weighted by molar-refractivity contribution is -0.130. The van der Waals surface area contributed by atoms with Gasteiger partial charge in [-0.15, -0.1) is 11.3 Å². The zero-order valence-electron chi connectivity index (χ0n) is 16.0. The summed E-state index contributed by atoms with van der Waals surface area (Å²) in [6.07, 6.45) is 3.59. The first-order chi connectivity index (χ1) is 13.6. The molecule has 0 spiro atoms. The molecule has 2 aromatic rings. The third-order valence-electron chi connectivity index (χ3n) is 5.21. The Labute approximate surface area is 168 Å². The Morgan fingerprint density at radius 3 is 2.43 bits per heavy atom. The fourth-order valence-electron chi connectivity index (χ4n) is 3.60. The first kappa shape index (κ1) is 18.9. The molecule has 148 valence electrons. The Balaban J connectivity index is 1.60. The van der Waals surface area contributed by atoms with Crippen molar-refractivity contribution in [3.8, 4) is 11.1 Å². The quantitative estimate of drug-likeness (QED) is 0.788. The van der Waals surface area contributed by atoms with E-state index in [0.29, 0.717) is 39.4 Å². The van der Waals surface area contributed by atoms with E-state index in [1.54, 1.807) is 29.4 Å². The lowest BCUT2D eigenvalue weighted by Crippen LogP contribution is -2.49. The number of carbonyl (C=O) groups is 2. The molecular formula is C20H24N4O3S. The summed E-state index contributed by atoms with van der Waals surface area (Å²) in [4.78, 5) is 35.6. The molecule has 0 unspecified atom stereocenters. The van der Waals surface area contributed by atoms with Crippen molar-refractivity contribution in [2.45, 2.75) is 6.92 Å². The van der Waals surface area contributed by atoms with Gasteiger partial charge in [-0.2, -0.15) is 0 Å². The van der Waals surface area contributed by atoms with Crippen LogP contribution in [0.5, 0.6) is 0 Å². The van der Waals surface area contributed by atoms with Gasteiger partial charge in [-0.3, -0.25) is 14.6 Å². The molecule has 8 heteroatoms. The third-order valence-corrected chi connectivity index (χ3v) is 6.39. The highest BCUT2D eigenvalue weighted by atomic mass is 32.1. The largest absolute Gasteiger partial charge is 0.378 e. The average molecular weight is 401 g/mol. The van der Waals surface area contributed by atoms with Crippen LogP contribution >= 0.6 is 11.3 Å². The molecule has 0 bridgehead atoms. The number of anilines is 1. The maximum absolute atomic E-state index is 13.1. The summed E-state index contributed by atoms with van der Waals surface area (Å²) < 4.78 is 5.49. The number of ether oxygens (including phenoxy) is 1. The Hall–Kier alpha value is -2.45. The molecule has 4 heterocycles. The zero-order chi connectivity index (χ0) is 19.5. The number of rotatable bonds is 3. The summed E-state index contributed by atoms with van der Waals surface area (Å²) in [6, 6.07) is 5.93. The van der Waals surface area contributed by atoms with E-state index in [1.807, 2.05) is 29.3 Å². The van der Waals surface area contributed by atoms with E-state index in [1.165, 1.54) is 0 Å². The van der Waals surface area contributed by atoms with Crippen LogP contribution in [-0.2, 0) is 9.53 Å². The van der Waals surface area contributed by atoms with Gasteiger partial charge in [0.25, 0.3) is 5.91 Å². The van der Waals surface area contributed by atoms with Crippen molar-refractivity contribution in [2.75, 3.05) is 57.4 Å². The lowest BCUT2D eigenvalue weighted by atomic mass is 10.1. The van der Waals surface area contributed by atoms with Crippen molar-refractivity contribution in [1.29, 1.82) is 0 Å². The number of hydrogen-bond acceptors (Lipinski definition) is 6. The highest BCUT2D eigenvalue weighted by Gasteiger charge is 2.27. The van der Waals surface area contributed by atoms with Crippen molar-refractivity contribution in [3.63, 3.8) is 0 Å². The van der Waals surface area contributed by atoms with Crippen molar-refractivity contribution in [2.24, 2.45) is 0 Å². The first-order valence-corrected chi connectivity index (χ1v) is 10.4. The topological polar surface area (TPSA) is 66.0 Å². The molecule has 7 nitrogen and oxygen atoms in total. The Bertz CT molecular complexity index is 840. The van der Waals surface area contributed by atoms with Gasteiger partial charge < -0.3 is 19.4 Å². The van der Waals surface area contributed by atoms with E-state index >= 15 is 0 Å². The molecule has 28 heavy (non-hydrogen) atoms. The van der Waals surface area contributed by atoms with Crippen molar-refractivity contribution in [1.82, 2.24) is 14.8 Å². The molecule has 2 aromatic heterocycles. The van der Waals surface area contributed by atoms with Crippen LogP contribution in [0.4, 0.5) is 5.00 Å². The molecule has 0 saturated carbocycles. The number of thiophene rings is 1. The van der Waals surface area contributed by atoms with Gasteiger partial charge in [0.05, 0.1) is 23.1 Å². The molecule has 2 fully saturated rings. The molecule has 0 aromatic carbocycles. The molecule has 0 radical (unpaired) electrons. The van der Waals surface area contributed by atoms with Gasteiger partial charge in [-0.25, -0.2) is 0 Å². The molecule has 4 rings (SSSR count). The van der Waals surface area contributed by atoms with Crippen LogP contribution in [0.2, 0.25) is 0 Å². The van der Waals surface area contributed by atoms with Crippen LogP contribution in [0, 0.1) is 0 Å². The fourth-order valence-corrected chi connectivity index (χ4v) is 4.80. The number of pyridine rings is 1. The summed E-state index contributed by atoms with van der Waals surface area (Å²) in [5.41, 5.74) is 2.06. The van der Waals surface area contributed by atoms with Crippen molar-refractivity contribution < 1.29 is 14.3 Å². The third kappa shape index (κ3) is 3.88. The van der Waals surface area contributed by atoms with Crippen LogP contribution in [-0.4, -0.2) is 79.1 Å². The second-order valence-electron chi connectivity index (χ2n) is 6.97. The fraction of sp³-hybridized carbons (Fsp3) is 0.450. The maximum atomic E-state index is 13.1. The maximum Gasteiger partial charge on any atom is 0.264 e. The molecule has 0 aliphatic carbocycles. The van der Waals surface area contributed by atoms with E-state index < -0.39 is 0 Å². The normalized spacial score (nSPS) is 17.7. The summed E-state index contributed by atoms with van der Waals surface area (Å²) in [5.74, 6) is 0.106. The van der Waals surface area contributed by atoms with E-state index in [9.17, 15) is 9.59 Å². The molecular weight excluding hydrogens is 376 g/mol. The van der Waals surface area contributed by atoms with E-state index in [2.05, 4.69) is 9.88 Å². The number of amides is 2. The number of hydrogen-bond donors (Lipinski definition) is 0. The number of piperazine rings is 1. The Morgan fingerprint density at radius 2 is 1.79 bits per heavy atom. The lowest BCUT2D eigenvalue weighted by Gasteiger charge is -2.34. The second-order valence-corrected chi connectivity index (χ2v) is 8.00. The number of carbonyl (C=O) groups excluding carboxylic acids is 2. The zero-order valence-corrected chi connectivity index (χ0v) is 16.8. The molecule has 0 atom stereocenters. The smallest absolute Gasteiger partial charge is 0.264 e. The molecule has 2 amide bonds. The minimum absolute atomic E-state index is 0.0397. The van der Waals surface area contributed by atoms with Gasteiger partial charge >= 0.3 is 0 Å². The predicted octanol–water partition coefficient (Wildman–Crippen LogP) is 1.95. The van der Waals surface area contributed by atoms with Gasteiger partial charge in [0.15, 0.2) is 0 Å². The summed E-state index contributed by atoms with van der Waals surface area (Å²) in [5, 5.41) is 1.10. The van der Waals surface area contributed by atoms with Gasteiger partial charge in [-0.1, -0.05) is 6.07 Å². The predicted molar refractivity (Wildman–Crippen MR) is 109 cm³/mol. The number of morpholine rings is 1. The minimum Gasteiger partial charge on any atom is -0.378 e. The van der Waals surface area contributed by atoms with Crippen molar-refractivity contribution in [3.05, 3.63) is 35.5 Å². The van der Waals surface area contributed by atoms with E-state index in [4.69, 9.17) is 4.74 Å². The SMILES string of the molecule is CC(=O)N1CCN(C(=O)c2cc(-c3cccnc3)c(N3CCOCC3)s2)CC1. The van der Waals surface area contributed by atoms with Crippen LogP contribution in [0.3, 0.4) is 0 Å². The van der Waals surface area contributed by atoms with Gasteiger partial charge in [0, 0.05) is 69.7 Å². The molecule has 2 saturated heterocycles. The standard InChI is InChI=1S/C20H24N4O3S/c1-15(25)22-5-7-23(8-6-22)19(26)18-13-17(16-3-2-4-21-14-16)20(28-18)24-9-11-27-12-10-24/h2-4,13-14H,5-12H2,1H3. The van der Waals surface area contributed by atoms with Gasteiger partial charge in [0.2, 0.25) is 5.91 Å². The monoisotopic (exact) mass is 400 g/mol. The molecule has 2 aliphatic rings. The van der Waals surface area contributed by atoms with Crippen LogP contribution in [0.15, 0.2) is 30.6 Å². The van der Waals surface area contributed by atoms with E-state index in [-0.39, 0.29) is 11.8 Å². The average Bonchev–Trinajstić information content (AvgIpc) is 3.20.